The molecule has 114 valence electrons. The molecule has 2 aromatic rings. The van der Waals surface area contributed by atoms with Gasteiger partial charge in [-0.2, -0.15) is 0 Å². The topological polar surface area (TPSA) is 68.3 Å². The van der Waals surface area contributed by atoms with E-state index in [4.69, 9.17) is 4.74 Å². The van der Waals surface area contributed by atoms with Gasteiger partial charge in [-0.3, -0.25) is 4.72 Å². The molecule has 2 rings (SSSR count). The Morgan fingerprint density at radius 1 is 1.43 bits per heavy atom. The van der Waals surface area contributed by atoms with Crippen LogP contribution in [-0.2, 0) is 10.0 Å². The van der Waals surface area contributed by atoms with Gasteiger partial charge in [0.05, 0.1) is 9.89 Å². The van der Waals surface area contributed by atoms with Crippen molar-refractivity contribution < 1.29 is 13.2 Å². The van der Waals surface area contributed by atoms with E-state index in [1.54, 1.807) is 24.4 Å². The van der Waals surface area contributed by atoms with E-state index in [2.05, 4.69) is 25.6 Å². The molecule has 0 saturated heterocycles. The van der Waals surface area contributed by atoms with Crippen LogP contribution < -0.4 is 9.46 Å². The second-order valence-corrected chi connectivity index (χ2v) is 8.93. The van der Waals surface area contributed by atoms with Crippen molar-refractivity contribution in [2.45, 2.75) is 31.1 Å². The third kappa shape index (κ3) is 3.96. The molecular formula is C13H15BrN2O3S2. The van der Waals surface area contributed by atoms with E-state index in [0.29, 0.717) is 5.69 Å². The van der Waals surface area contributed by atoms with Crippen molar-refractivity contribution in [1.29, 1.82) is 0 Å². The minimum atomic E-state index is -3.65. The molecule has 0 aliphatic heterocycles. The van der Waals surface area contributed by atoms with E-state index in [-0.39, 0.29) is 16.2 Å². The molecule has 0 aromatic carbocycles. The highest BCUT2D eigenvalue weighted by Crippen LogP contribution is 2.32. The van der Waals surface area contributed by atoms with E-state index >= 15 is 0 Å². The van der Waals surface area contributed by atoms with Crippen molar-refractivity contribution >= 4 is 43.0 Å². The number of aromatic nitrogens is 1. The Hall–Kier alpha value is -1.12. The lowest BCUT2D eigenvalue weighted by atomic mass is 10.4. The molecule has 2 heterocycles. The summed E-state index contributed by atoms with van der Waals surface area (Å²) in [6, 6.07) is 4.90. The first kappa shape index (κ1) is 16.3. The first-order valence-electron chi connectivity index (χ1n) is 6.20. The molecule has 0 aliphatic rings. The molecule has 2 aromatic heterocycles. The quantitative estimate of drug-likeness (QED) is 0.842. The zero-order valence-electron chi connectivity index (χ0n) is 11.8. The van der Waals surface area contributed by atoms with Gasteiger partial charge in [-0.1, -0.05) is 0 Å². The van der Waals surface area contributed by atoms with Gasteiger partial charge in [0.15, 0.2) is 0 Å². The number of rotatable bonds is 5. The van der Waals surface area contributed by atoms with Gasteiger partial charge >= 0.3 is 0 Å². The van der Waals surface area contributed by atoms with Crippen LogP contribution in [0.1, 0.15) is 19.4 Å². The Kier molecular flexibility index (Phi) is 4.90. The van der Waals surface area contributed by atoms with Crippen LogP contribution in [0.5, 0.6) is 5.88 Å². The van der Waals surface area contributed by atoms with Gasteiger partial charge in [0.2, 0.25) is 5.88 Å². The summed E-state index contributed by atoms with van der Waals surface area (Å²) in [5.74, 6) is 0.267. The molecule has 0 atom stereocenters. The molecule has 0 amide bonds. The average molecular weight is 391 g/mol. The summed E-state index contributed by atoms with van der Waals surface area (Å²) >= 11 is 4.50. The van der Waals surface area contributed by atoms with Gasteiger partial charge in [0, 0.05) is 6.20 Å². The molecular weight excluding hydrogens is 376 g/mol. The largest absolute Gasteiger partial charge is 0.473 e. The SMILES string of the molecule is Cc1cc(S(=O)(=O)Nc2cccnc2OC(C)C)sc1Br. The Morgan fingerprint density at radius 3 is 2.71 bits per heavy atom. The average Bonchev–Trinajstić information content (AvgIpc) is 2.72. The van der Waals surface area contributed by atoms with Crippen molar-refractivity contribution in [3.63, 3.8) is 0 Å². The minimum absolute atomic E-state index is 0.0960. The smallest absolute Gasteiger partial charge is 0.271 e. The van der Waals surface area contributed by atoms with Crippen LogP contribution in [0.3, 0.4) is 0 Å². The molecule has 0 aliphatic carbocycles. The number of aryl methyl sites for hydroxylation is 1. The molecule has 5 nitrogen and oxygen atoms in total. The normalized spacial score (nSPS) is 11.7. The summed E-state index contributed by atoms with van der Waals surface area (Å²) < 4.78 is 33.9. The summed E-state index contributed by atoms with van der Waals surface area (Å²) in [6.45, 7) is 5.55. The van der Waals surface area contributed by atoms with E-state index < -0.39 is 10.0 Å². The summed E-state index contributed by atoms with van der Waals surface area (Å²) in [7, 11) is -3.65. The van der Waals surface area contributed by atoms with E-state index in [0.717, 1.165) is 9.35 Å². The summed E-state index contributed by atoms with van der Waals surface area (Å²) in [6.07, 6.45) is 1.46. The second kappa shape index (κ2) is 6.33. The lowest BCUT2D eigenvalue weighted by molar-refractivity contribution is 0.234. The van der Waals surface area contributed by atoms with E-state index in [1.165, 1.54) is 11.3 Å². The van der Waals surface area contributed by atoms with Crippen LogP contribution >= 0.6 is 27.3 Å². The monoisotopic (exact) mass is 390 g/mol. The fourth-order valence-electron chi connectivity index (χ4n) is 1.54. The second-order valence-electron chi connectivity index (χ2n) is 4.65. The van der Waals surface area contributed by atoms with Gasteiger partial charge in [-0.05, 0) is 60.5 Å². The molecule has 0 spiro atoms. The number of pyridine rings is 1. The van der Waals surface area contributed by atoms with Gasteiger partial charge < -0.3 is 4.74 Å². The van der Waals surface area contributed by atoms with Crippen molar-refractivity contribution in [3.8, 4) is 5.88 Å². The van der Waals surface area contributed by atoms with Gasteiger partial charge in [-0.25, -0.2) is 13.4 Å². The number of thiophene rings is 1. The molecule has 8 heteroatoms. The maximum atomic E-state index is 12.4. The van der Waals surface area contributed by atoms with E-state index in [1.807, 2.05) is 20.8 Å². The van der Waals surface area contributed by atoms with Crippen molar-refractivity contribution in [3.05, 3.63) is 33.7 Å². The summed E-state index contributed by atoms with van der Waals surface area (Å²) in [5, 5.41) is 0. The van der Waals surface area contributed by atoms with Crippen molar-refractivity contribution in [1.82, 2.24) is 4.98 Å². The summed E-state index contributed by atoms with van der Waals surface area (Å²) in [4.78, 5) is 4.06. The van der Waals surface area contributed by atoms with Crippen molar-refractivity contribution in [2.75, 3.05) is 4.72 Å². The summed E-state index contributed by atoms with van der Waals surface area (Å²) in [5.41, 5.74) is 1.21. The number of hydrogen-bond donors (Lipinski definition) is 1. The first-order valence-corrected chi connectivity index (χ1v) is 9.29. The van der Waals surface area contributed by atoms with Crippen LogP contribution in [0.4, 0.5) is 5.69 Å². The Morgan fingerprint density at radius 2 is 2.14 bits per heavy atom. The minimum Gasteiger partial charge on any atom is -0.473 e. The van der Waals surface area contributed by atoms with E-state index in [9.17, 15) is 8.42 Å². The number of ether oxygens (including phenoxy) is 1. The van der Waals surface area contributed by atoms with Gasteiger partial charge in [0.1, 0.15) is 9.90 Å². The Bertz CT molecular complexity index is 722. The van der Waals surface area contributed by atoms with Crippen molar-refractivity contribution in [2.24, 2.45) is 0 Å². The lowest BCUT2D eigenvalue weighted by Crippen LogP contribution is -2.15. The standard InChI is InChI=1S/C13H15BrN2O3S2/c1-8(2)19-13-10(5-4-6-15-13)16-21(17,18)11-7-9(3)12(14)20-11/h4-8,16H,1-3H3. The van der Waals surface area contributed by atoms with Crippen LogP contribution in [0.25, 0.3) is 0 Å². The predicted molar refractivity (Wildman–Crippen MR) is 87.6 cm³/mol. The molecule has 1 N–H and O–H groups in total. The highest BCUT2D eigenvalue weighted by Gasteiger charge is 2.20. The highest BCUT2D eigenvalue weighted by atomic mass is 79.9. The lowest BCUT2D eigenvalue weighted by Gasteiger charge is -2.13. The Balaban J connectivity index is 2.33. The maximum absolute atomic E-state index is 12.4. The van der Waals surface area contributed by atoms with Crippen LogP contribution in [0.2, 0.25) is 0 Å². The van der Waals surface area contributed by atoms with Crippen LogP contribution in [-0.4, -0.2) is 19.5 Å². The molecule has 0 unspecified atom stereocenters. The van der Waals surface area contributed by atoms with Crippen LogP contribution in [0.15, 0.2) is 32.4 Å². The van der Waals surface area contributed by atoms with Gasteiger partial charge in [0.25, 0.3) is 10.0 Å². The maximum Gasteiger partial charge on any atom is 0.271 e. The Labute approximate surface area is 136 Å². The molecule has 0 bridgehead atoms. The number of nitrogens with zero attached hydrogens (tertiary/aromatic N) is 1. The number of anilines is 1. The fraction of sp³-hybridized carbons (Fsp3) is 0.308. The molecule has 0 saturated carbocycles. The third-order valence-electron chi connectivity index (χ3n) is 2.46. The highest BCUT2D eigenvalue weighted by molar-refractivity contribution is 9.11. The predicted octanol–water partition coefficient (Wildman–Crippen LogP) is 3.80. The molecule has 21 heavy (non-hydrogen) atoms. The molecule has 0 radical (unpaired) electrons. The van der Waals surface area contributed by atoms with Crippen LogP contribution in [0, 0.1) is 6.92 Å². The number of hydrogen-bond acceptors (Lipinski definition) is 5. The zero-order valence-corrected chi connectivity index (χ0v) is 15.0. The number of nitrogens with one attached hydrogen (secondary N) is 1. The van der Waals surface area contributed by atoms with Gasteiger partial charge in [-0.15, -0.1) is 11.3 Å². The first-order chi connectivity index (χ1) is 9.79. The third-order valence-corrected chi connectivity index (χ3v) is 6.44. The number of sulfonamides is 1. The fourth-order valence-corrected chi connectivity index (χ4v) is 4.83. The number of halogens is 1. The molecule has 0 fully saturated rings. The zero-order chi connectivity index (χ0) is 15.6.